The molecule has 28 heavy (non-hydrogen) atoms. The maximum absolute atomic E-state index is 6.16. The Morgan fingerprint density at radius 2 is 1.68 bits per heavy atom. The molecule has 0 aliphatic heterocycles. The van der Waals surface area contributed by atoms with Gasteiger partial charge in [-0.2, -0.15) is 5.10 Å². The molecule has 0 heterocycles. The van der Waals surface area contributed by atoms with Crippen molar-refractivity contribution in [3.05, 3.63) is 96.9 Å². The summed E-state index contributed by atoms with van der Waals surface area (Å²) in [5.41, 5.74) is 5.58. The van der Waals surface area contributed by atoms with E-state index in [-0.39, 0.29) is 0 Å². The Bertz CT molecular complexity index is 958. The van der Waals surface area contributed by atoms with Gasteiger partial charge in [0.1, 0.15) is 12.4 Å². The minimum Gasteiger partial charge on any atom is -0.488 e. The van der Waals surface area contributed by atoms with Crippen LogP contribution in [0.5, 0.6) is 5.75 Å². The molecular weight excluding hydrogens is 483 g/mol. The summed E-state index contributed by atoms with van der Waals surface area (Å²) in [6.07, 6.45) is 1.66. The van der Waals surface area contributed by atoms with Crippen LogP contribution in [0.3, 0.4) is 0 Å². The topological polar surface area (TPSA) is 33.6 Å². The number of hydrazone groups is 1. The van der Waals surface area contributed by atoms with Crippen LogP contribution in [-0.2, 0) is 13.2 Å². The molecular formula is C21H16BrCl3N2O. The summed E-state index contributed by atoms with van der Waals surface area (Å²) < 4.78 is 6.96. The molecule has 0 atom stereocenters. The van der Waals surface area contributed by atoms with Gasteiger partial charge < -0.3 is 10.2 Å². The van der Waals surface area contributed by atoms with Crippen molar-refractivity contribution in [1.82, 2.24) is 5.43 Å². The number of hydrogen-bond acceptors (Lipinski definition) is 3. The van der Waals surface area contributed by atoms with Crippen molar-refractivity contribution in [2.45, 2.75) is 13.2 Å². The second-order valence-corrected chi connectivity index (χ2v) is 8.06. The van der Waals surface area contributed by atoms with E-state index in [0.717, 1.165) is 21.2 Å². The van der Waals surface area contributed by atoms with Gasteiger partial charge in [-0.1, -0.05) is 68.9 Å². The van der Waals surface area contributed by atoms with Crippen LogP contribution in [0.25, 0.3) is 0 Å². The summed E-state index contributed by atoms with van der Waals surface area (Å²) in [6, 6.07) is 18.8. The van der Waals surface area contributed by atoms with Gasteiger partial charge in [0.25, 0.3) is 0 Å². The van der Waals surface area contributed by atoms with Crippen molar-refractivity contribution in [3.8, 4) is 5.75 Å². The van der Waals surface area contributed by atoms with E-state index >= 15 is 0 Å². The number of hydrogen-bond donors (Lipinski definition) is 1. The van der Waals surface area contributed by atoms with Gasteiger partial charge >= 0.3 is 0 Å². The molecule has 0 amide bonds. The van der Waals surface area contributed by atoms with Crippen molar-refractivity contribution in [2.75, 3.05) is 0 Å². The zero-order valence-corrected chi connectivity index (χ0v) is 18.5. The minimum absolute atomic E-state index is 0.407. The zero-order valence-electron chi connectivity index (χ0n) is 14.6. The van der Waals surface area contributed by atoms with Crippen molar-refractivity contribution >= 4 is 56.9 Å². The Hall–Kier alpha value is -1.72. The number of rotatable bonds is 7. The molecule has 0 aromatic heterocycles. The highest BCUT2D eigenvalue weighted by Gasteiger charge is 2.06. The molecule has 0 unspecified atom stereocenters. The first-order valence-corrected chi connectivity index (χ1v) is 10.3. The van der Waals surface area contributed by atoms with Gasteiger partial charge in [-0.05, 0) is 48.0 Å². The van der Waals surface area contributed by atoms with Gasteiger partial charge in [-0.25, -0.2) is 0 Å². The molecule has 3 nitrogen and oxygen atoms in total. The zero-order chi connectivity index (χ0) is 19.9. The molecule has 3 aromatic rings. The Labute approximate surface area is 187 Å². The molecule has 0 aliphatic carbocycles. The van der Waals surface area contributed by atoms with E-state index in [1.807, 2.05) is 30.3 Å². The van der Waals surface area contributed by atoms with E-state index in [1.54, 1.807) is 36.5 Å². The number of ether oxygens (including phenoxy) is 1. The smallest absolute Gasteiger partial charge is 0.128 e. The second kappa shape index (κ2) is 10.2. The van der Waals surface area contributed by atoms with Crippen molar-refractivity contribution in [3.63, 3.8) is 0 Å². The Balaban J connectivity index is 1.66. The maximum Gasteiger partial charge on any atom is 0.128 e. The number of halogens is 4. The first-order valence-electron chi connectivity index (χ1n) is 8.38. The third-order valence-electron chi connectivity index (χ3n) is 3.89. The fourth-order valence-electron chi connectivity index (χ4n) is 2.43. The SMILES string of the molecule is Clc1ccc(OCc2ccc(Br)cc2)c(/C=N/NCc2c(Cl)cccc2Cl)c1. The van der Waals surface area contributed by atoms with Crippen LogP contribution in [0, 0.1) is 0 Å². The molecule has 1 N–H and O–H groups in total. The lowest BCUT2D eigenvalue weighted by molar-refractivity contribution is 0.306. The molecule has 0 bridgehead atoms. The average molecular weight is 499 g/mol. The third kappa shape index (κ3) is 5.89. The minimum atomic E-state index is 0.407. The normalized spacial score (nSPS) is 11.0. The lowest BCUT2D eigenvalue weighted by Crippen LogP contribution is -2.07. The summed E-state index contributed by atoms with van der Waals surface area (Å²) in [7, 11) is 0. The molecule has 0 radical (unpaired) electrons. The Morgan fingerprint density at radius 3 is 2.39 bits per heavy atom. The van der Waals surface area contributed by atoms with E-state index in [1.165, 1.54) is 0 Å². The van der Waals surface area contributed by atoms with E-state index in [4.69, 9.17) is 39.5 Å². The van der Waals surface area contributed by atoms with Crippen molar-refractivity contribution < 1.29 is 4.74 Å². The van der Waals surface area contributed by atoms with Crippen molar-refractivity contribution in [2.24, 2.45) is 5.10 Å². The summed E-state index contributed by atoms with van der Waals surface area (Å²) in [5, 5.41) is 6.04. The van der Waals surface area contributed by atoms with Gasteiger partial charge in [-0.15, -0.1) is 0 Å². The predicted octanol–water partition coefficient (Wildman–Crippen LogP) is 7.11. The molecule has 0 saturated heterocycles. The highest BCUT2D eigenvalue weighted by molar-refractivity contribution is 9.10. The van der Waals surface area contributed by atoms with E-state index in [0.29, 0.717) is 34.0 Å². The van der Waals surface area contributed by atoms with Crippen LogP contribution < -0.4 is 10.2 Å². The molecule has 0 fully saturated rings. The van der Waals surface area contributed by atoms with Crippen LogP contribution in [-0.4, -0.2) is 6.21 Å². The maximum atomic E-state index is 6.16. The van der Waals surface area contributed by atoms with Gasteiger partial charge in [0.2, 0.25) is 0 Å². The quantitative estimate of drug-likeness (QED) is 0.278. The highest BCUT2D eigenvalue weighted by atomic mass is 79.9. The Morgan fingerprint density at radius 1 is 0.964 bits per heavy atom. The van der Waals surface area contributed by atoms with Crippen LogP contribution in [0.4, 0.5) is 0 Å². The number of nitrogens with one attached hydrogen (secondary N) is 1. The summed E-state index contributed by atoms with van der Waals surface area (Å²) >= 11 is 21.9. The van der Waals surface area contributed by atoms with Crippen LogP contribution in [0.15, 0.2) is 70.2 Å². The van der Waals surface area contributed by atoms with Gasteiger partial charge in [0, 0.05) is 30.7 Å². The molecule has 3 aromatic carbocycles. The van der Waals surface area contributed by atoms with Crippen LogP contribution in [0.1, 0.15) is 16.7 Å². The van der Waals surface area contributed by atoms with Gasteiger partial charge in [0.05, 0.1) is 12.8 Å². The summed E-state index contributed by atoms with van der Waals surface area (Å²) in [4.78, 5) is 0. The monoisotopic (exact) mass is 496 g/mol. The van der Waals surface area contributed by atoms with E-state index in [9.17, 15) is 0 Å². The molecule has 144 valence electrons. The second-order valence-electron chi connectivity index (χ2n) is 5.89. The molecule has 0 saturated carbocycles. The molecule has 0 spiro atoms. The largest absolute Gasteiger partial charge is 0.488 e. The highest BCUT2D eigenvalue weighted by Crippen LogP contribution is 2.25. The van der Waals surface area contributed by atoms with Gasteiger partial charge in [0.15, 0.2) is 0 Å². The fraction of sp³-hybridized carbons (Fsp3) is 0.0952. The first-order chi connectivity index (χ1) is 13.5. The van der Waals surface area contributed by atoms with Crippen LogP contribution >= 0.6 is 50.7 Å². The molecule has 3 rings (SSSR count). The lowest BCUT2D eigenvalue weighted by atomic mass is 10.2. The van der Waals surface area contributed by atoms with Gasteiger partial charge in [-0.3, -0.25) is 0 Å². The molecule has 7 heteroatoms. The molecule has 0 aliphatic rings. The van der Waals surface area contributed by atoms with Crippen molar-refractivity contribution in [1.29, 1.82) is 0 Å². The summed E-state index contributed by atoms with van der Waals surface area (Å²) in [5.74, 6) is 0.689. The summed E-state index contributed by atoms with van der Waals surface area (Å²) in [6.45, 7) is 0.850. The Kier molecular flexibility index (Phi) is 7.63. The standard InChI is InChI=1S/C21H16BrCl3N2O/c22-16-6-4-14(5-7-16)13-28-21-9-8-17(23)10-15(21)11-26-27-12-18-19(24)2-1-3-20(18)25/h1-11,27H,12-13H2/b26-11+. The average Bonchev–Trinajstić information content (AvgIpc) is 2.67. The predicted molar refractivity (Wildman–Crippen MR) is 121 cm³/mol. The first kappa shape index (κ1) is 21.0. The number of benzene rings is 3. The van der Waals surface area contributed by atoms with E-state index in [2.05, 4.69) is 26.5 Å². The third-order valence-corrected chi connectivity index (χ3v) is 5.36. The fourth-order valence-corrected chi connectivity index (χ4v) is 3.41. The van der Waals surface area contributed by atoms with Crippen LogP contribution in [0.2, 0.25) is 15.1 Å². The lowest BCUT2D eigenvalue weighted by Gasteiger charge is -2.10. The number of nitrogens with zero attached hydrogens (tertiary/aromatic N) is 1. The van der Waals surface area contributed by atoms with E-state index < -0.39 is 0 Å².